The molecule has 7 heteroatoms. The van der Waals surface area contributed by atoms with Gasteiger partial charge in [-0.05, 0) is 56.2 Å². The lowest BCUT2D eigenvalue weighted by molar-refractivity contribution is -0.122. The van der Waals surface area contributed by atoms with Crippen molar-refractivity contribution in [2.45, 2.75) is 82.3 Å². The fourth-order valence-corrected chi connectivity index (χ4v) is 6.44. The van der Waals surface area contributed by atoms with E-state index < -0.39 is 37.9 Å². The molecule has 0 spiro atoms. The molecule has 2 unspecified atom stereocenters. The Morgan fingerprint density at radius 2 is 1.75 bits per heavy atom. The molecule has 1 aromatic rings. The van der Waals surface area contributed by atoms with Gasteiger partial charge in [0.1, 0.15) is 5.25 Å². The molecule has 1 amide bonds. The van der Waals surface area contributed by atoms with Gasteiger partial charge in [-0.15, -0.1) is 0 Å². The summed E-state index contributed by atoms with van der Waals surface area (Å²) in [5, 5.41) is 1.33. The molecule has 4 nitrogen and oxygen atoms in total. The Morgan fingerprint density at radius 3 is 2.32 bits per heavy atom. The Bertz CT molecular complexity index is 774. The third kappa shape index (κ3) is 5.75. The van der Waals surface area contributed by atoms with Crippen molar-refractivity contribution in [3.8, 4) is 0 Å². The number of hydrogen-bond donors (Lipinski definition) is 1. The lowest BCUT2D eigenvalue weighted by Gasteiger charge is -2.29. The van der Waals surface area contributed by atoms with E-state index in [1.807, 2.05) is 0 Å². The second kappa shape index (κ2) is 9.81. The molecule has 2 rings (SSSR count). The van der Waals surface area contributed by atoms with E-state index in [0.717, 1.165) is 31.4 Å². The third-order valence-electron chi connectivity index (χ3n) is 5.47. The van der Waals surface area contributed by atoms with Gasteiger partial charge in [-0.1, -0.05) is 39.2 Å². The van der Waals surface area contributed by atoms with Crippen molar-refractivity contribution in [1.29, 1.82) is 0 Å². The summed E-state index contributed by atoms with van der Waals surface area (Å²) >= 11 is 0. The van der Waals surface area contributed by atoms with E-state index in [1.165, 1.54) is 6.07 Å². The summed E-state index contributed by atoms with van der Waals surface area (Å²) in [4.78, 5) is 12.8. The van der Waals surface area contributed by atoms with E-state index in [9.17, 15) is 22.0 Å². The number of halogens is 2. The second-order valence-corrected chi connectivity index (χ2v) is 10.6. The quantitative estimate of drug-likeness (QED) is 0.693. The zero-order valence-electron chi connectivity index (χ0n) is 16.9. The van der Waals surface area contributed by atoms with Crippen LogP contribution in [0, 0.1) is 17.6 Å². The molecule has 0 aliphatic heterocycles. The van der Waals surface area contributed by atoms with Gasteiger partial charge in [-0.25, -0.2) is 17.2 Å². The molecule has 0 aromatic heterocycles. The number of amides is 1. The third-order valence-corrected chi connectivity index (χ3v) is 8.34. The predicted molar refractivity (Wildman–Crippen MR) is 107 cm³/mol. The molecule has 0 heterocycles. The van der Waals surface area contributed by atoms with Crippen LogP contribution in [0.3, 0.4) is 0 Å². The first-order valence-corrected chi connectivity index (χ1v) is 11.7. The van der Waals surface area contributed by atoms with Gasteiger partial charge < -0.3 is 5.32 Å². The lowest BCUT2D eigenvalue weighted by Crippen LogP contribution is -2.49. The largest absolute Gasteiger partial charge is 0.353 e. The molecule has 0 saturated heterocycles. The highest BCUT2D eigenvalue weighted by Crippen LogP contribution is 2.29. The Morgan fingerprint density at radius 1 is 1.11 bits per heavy atom. The second-order valence-electron chi connectivity index (χ2n) is 8.21. The summed E-state index contributed by atoms with van der Waals surface area (Å²) < 4.78 is 52.4. The Kier molecular flexibility index (Phi) is 7.98. The Labute approximate surface area is 167 Å². The number of carbonyl (C=O) groups is 1. The zero-order valence-corrected chi connectivity index (χ0v) is 17.7. The summed E-state index contributed by atoms with van der Waals surface area (Å²) in [5.41, 5.74) is 0.634. The number of carbonyl (C=O) groups excluding carboxylic acids is 1. The van der Waals surface area contributed by atoms with Gasteiger partial charge >= 0.3 is 0 Å². The number of aryl methyl sites for hydroxylation is 1. The minimum atomic E-state index is -3.55. The van der Waals surface area contributed by atoms with Gasteiger partial charge in [0.2, 0.25) is 5.91 Å². The van der Waals surface area contributed by atoms with Crippen LogP contribution in [0.1, 0.15) is 64.9 Å². The monoisotopic (exact) mass is 415 g/mol. The van der Waals surface area contributed by atoms with Crippen molar-refractivity contribution in [2.75, 3.05) is 0 Å². The number of nitrogens with one attached hydrogen (secondary N) is 1. The highest BCUT2D eigenvalue weighted by Gasteiger charge is 2.41. The summed E-state index contributed by atoms with van der Waals surface area (Å²) in [6, 6.07) is 3.47. The Hall–Kier alpha value is -1.50. The number of rotatable bonds is 8. The van der Waals surface area contributed by atoms with Crippen molar-refractivity contribution >= 4 is 15.7 Å². The van der Waals surface area contributed by atoms with E-state index in [0.29, 0.717) is 31.2 Å². The lowest BCUT2D eigenvalue weighted by atomic mass is 10.0. The summed E-state index contributed by atoms with van der Waals surface area (Å²) in [7, 11) is -3.55. The maximum atomic E-state index is 13.3. The summed E-state index contributed by atoms with van der Waals surface area (Å²) in [6.45, 7) is 5.32. The van der Waals surface area contributed by atoms with Crippen LogP contribution in [0.25, 0.3) is 0 Å². The highest BCUT2D eigenvalue weighted by atomic mass is 32.2. The molecule has 2 atom stereocenters. The van der Waals surface area contributed by atoms with Gasteiger partial charge in [0.15, 0.2) is 21.5 Å². The molecule has 1 N–H and O–H groups in total. The van der Waals surface area contributed by atoms with E-state index >= 15 is 0 Å². The SMILES string of the molecule is CC(CCc1ccc(F)c(F)c1)NC(=O)C(C(C)C)S(=O)(=O)C1CCCCC1. The van der Waals surface area contributed by atoms with Crippen LogP contribution in [0.15, 0.2) is 18.2 Å². The maximum Gasteiger partial charge on any atom is 0.238 e. The first-order chi connectivity index (χ1) is 13.1. The molecule has 0 radical (unpaired) electrons. The molecule has 0 bridgehead atoms. The highest BCUT2D eigenvalue weighted by molar-refractivity contribution is 7.93. The standard InChI is InChI=1S/C21H31F2NO3S/c1-14(2)20(28(26,27)17-7-5-4-6-8-17)21(25)24-15(3)9-10-16-11-12-18(22)19(23)13-16/h11-15,17,20H,4-10H2,1-3H3,(H,24,25). The molecule has 1 aliphatic carbocycles. The molecule has 1 fully saturated rings. The molecular weight excluding hydrogens is 384 g/mol. The van der Waals surface area contributed by atoms with Crippen molar-refractivity contribution < 1.29 is 22.0 Å². The van der Waals surface area contributed by atoms with Crippen LogP contribution >= 0.6 is 0 Å². The zero-order chi connectivity index (χ0) is 20.9. The molecule has 1 aromatic carbocycles. The maximum absolute atomic E-state index is 13.3. The number of sulfone groups is 1. The minimum absolute atomic E-state index is 0.275. The molecule has 1 aliphatic rings. The summed E-state index contributed by atoms with van der Waals surface area (Å²) in [6.07, 6.45) is 5.05. The fourth-order valence-electron chi connectivity index (χ4n) is 3.91. The topological polar surface area (TPSA) is 63.2 Å². The smallest absolute Gasteiger partial charge is 0.238 e. The van der Waals surface area contributed by atoms with Gasteiger partial charge in [0.05, 0.1) is 5.25 Å². The molecule has 28 heavy (non-hydrogen) atoms. The van der Waals surface area contributed by atoms with Crippen LogP contribution in [0.4, 0.5) is 8.78 Å². The van der Waals surface area contributed by atoms with Crippen LogP contribution in [-0.2, 0) is 21.1 Å². The molecule has 1 saturated carbocycles. The van der Waals surface area contributed by atoms with Crippen LogP contribution in [0.2, 0.25) is 0 Å². The minimum Gasteiger partial charge on any atom is -0.353 e. The first kappa shape index (κ1) is 22.8. The van der Waals surface area contributed by atoms with Crippen molar-refractivity contribution in [1.82, 2.24) is 5.32 Å². The van der Waals surface area contributed by atoms with Crippen LogP contribution in [-0.4, -0.2) is 30.9 Å². The summed E-state index contributed by atoms with van der Waals surface area (Å²) in [5.74, 6) is -2.56. The average molecular weight is 416 g/mol. The van der Waals surface area contributed by atoms with E-state index in [1.54, 1.807) is 20.8 Å². The Balaban J connectivity index is 1.99. The van der Waals surface area contributed by atoms with Gasteiger partial charge in [0, 0.05) is 6.04 Å². The van der Waals surface area contributed by atoms with E-state index in [-0.39, 0.29) is 12.0 Å². The van der Waals surface area contributed by atoms with Crippen molar-refractivity contribution in [3.63, 3.8) is 0 Å². The van der Waals surface area contributed by atoms with E-state index in [2.05, 4.69) is 5.32 Å². The van der Waals surface area contributed by atoms with Crippen LogP contribution < -0.4 is 5.32 Å². The average Bonchev–Trinajstić information content (AvgIpc) is 2.63. The van der Waals surface area contributed by atoms with Gasteiger partial charge in [-0.2, -0.15) is 0 Å². The van der Waals surface area contributed by atoms with Gasteiger partial charge in [-0.3, -0.25) is 4.79 Å². The van der Waals surface area contributed by atoms with Gasteiger partial charge in [0.25, 0.3) is 0 Å². The van der Waals surface area contributed by atoms with E-state index in [4.69, 9.17) is 0 Å². The first-order valence-electron chi connectivity index (χ1n) is 10.1. The van der Waals surface area contributed by atoms with Crippen molar-refractivity contribution in [2.24, 2.45) is 5.92 Å². The predicted octanol–water partition coefficient (Wildman–Crippen LogP) is 4.17. The molecule has 158 valence electrons. The number of hydrogen-bond acceptors (Lipinski definition) is 3. The van der Waals surface area contributed by atoms with Crippen LogP contribution in [0.5, 0.6) is 0 Å². The molecular formula is C21H31F2NO3S. The normalized spacial score (nSPS) is 18.1. The van der Waals surface area contributed by atoms with Crippen molar-refractivity contribution in [3.05, 3.63) is 35.4 Å². The number of benzene rings is 1. The fraction of sp³-hybridized carbons (Fsp3) is 0.667.